The van der Waals surface area contributed by atoms with Gasteiger partial charge in [0.2, 0.25) is 11.5 Å². The van der Waals surface area contributed by atoms with E-state index in [1.54, 1.807) is 39.7 Å². The first-order valence-electron chi connectivity index (χ1n) is 11.3. The Morgan fingerprint density at radius 1 is 1.34 bits per heavy atom. The Bertz CT molecular complexity index is 1680. The molecule has 0 aromatic carbocycles. The summed E-state index contributed by atoms with van der Waals surface area (Å²) < 4.78 is 7.34. The molecule has 3 N–H and O–H groups in total. The van der Waals surface area contributed by atoms with Crippen LogP contribution in [0.2, 0.25) is 0 Å². The molecule has 2 atom stereocenters. The SMILES string of the molecule is N#Cc1ccc2n(cc[n+]2CC2=C(C(=O)[O-])N3C(=O)[C@@H](NC(=O)/C(=N/OCC(=O)[O-])c4nsc(N)n4)[C@H]3SC2)c1.[Na+]. The number of fused-ring (bicyclic) bond motifs is 2. The number of aliphatic carboxylic acids is 2. The molecule has 2 aliphatic heterocycles. The van der Waals surface area contributed by atoms with Gasteiger partial charge in [-0.05, 0) is 6.07 Å². The molecule has 0 unspecified atom stereocenters. The molecule has 1 saturated heterocycles. The molecule has 0 aliphatic carbocycles. The van der Waals surface area contributed by atoms with Gasteiger partial charge in [0.15, 0.2) is 11.7 Å². The van der Waals surface area contributed by atoms with Gasteiger partial charge in [0.1, 0.15) is 42.6 Å². The van der Waals surface area contributed by atoms with Crippen LogP contribution < -0.4 is 55.4 Å². The average Bonchev–Trinajstić information content (AvgIpc) is 3.54. The smallest absolute Gasteiger partial charge is 0.546 e. The molecule has 204 valence electrons. The minimum absolute atomic E-state index is 0. The minimum Gasteiger partial charge on any atom is -0.546 e. The number of nitrogens with two attached hydrogens (primary N) is 1. The van der Waals surface area contributed by atoms with Crippen molar-refractivity contribution >= 4 is 63.5 Å². The van der Waals surface area contributed by atoms with Crippen LogP contribution in [0.1, 0.15) is 11.4 Å². The second-order valence-corrected chi connectivity index (χ2v) is 10.3. The number of rotatable bonds is 9. The maximum absolute atomic E-state index is 13.1. The Balaban J connectivity index is 0.00000387. The number of nitrogens with zero attached hydrogens (tertiary/aromatic N) is 7. The summed E-state index contributed by atoms with van der Waals surface area (Å²) in [6.45, 7) is -0.821. The number of pyridine rings is 1. The molecule has 41 heavy (non-hydrogen) atoms. The first-order valence-corrected chi connectivity index (χ1v) is 13.1. The summed E-state index contributed by atoms with van der Waals surface area (Å²) in [7, 11) is 0. The summed E-state index contributed by atoms with van der Waals surface area (Å²) >= 11 is 1.99. The van der Waals surface area contributed by atoms with Gasteiger partial charge in [0.05, 0.1) is 23.2 Å². The van der Waals surface area contributed by atoms with Crippen molar-refractivity contribution in [3.05, 3.63) is 53.4 Å². The maximum Gasteiger partial charge on any atom is 1.00 e. The molecule has 19 heteroatoms. The number of aromatic nitrogens is 4. The Morgan fingerprint density at radius 3 is 2.78 bits per heavy atom. The fourth-order valence-electron chi connectivity index (χ4n) is 4.17. The zero-order valence-electron chi connectivity index (χ0n) is 21.0. The van der Waals surface area contributed by atoms with Gasteiger partial charge in [-0.2, -0.15) is 14.6 Å². The number of hydrogen-bond donors (Lipinski definition) is 2. The number of carbonyl (C=O) groups is 4. The number of amides is 2. The van der Waals surface area contributed by atoms with Gasteiger partial charge < -0.3 is 35.7 Å². The minimum atomic E-state index is -1.59. The van der Waals surface area contributed by atoms with E-state index < -0.39 is 47.5 Å². The summed E-state index contributed by atoms with van der Waals surface area (Å²) in [5, 5.41) is 37.1. The quantitative estimate of drug-likeness (QED) is 0.0761. The Morgan fingerprint density at radius 2 is 2.12 bits per heavy atom. The van der Waals surface area contributed by atoms with E-state index in [-0.39, 0.29) is 58.5 Å². The zero-order valence-corrected chi connectivity index (χ0v) is 24.7. The summed E-state index contributed by atoms with van der Waals surface area (Å²) in [6.07, 6.45) is 5.07. The Labute approximate surface area is 260 Å². The number of β-lactam (4-membered cyclic amide) rings is 1. The van der Waals surface area contributed by atoms with Crippen molar-refractivity contribution in [1.82, 2.24) is 24.0 Å². The van der Waals surface area contributed by atoms with Crippen molar-refractivity contribution in [2.45, 2.75) is 18.0 Å². The molecule has 2 aliphatic rings. The predicted octanol–water partition coefficient (Wildman–Crippen LogP) is -6.89. The van der Waals surface area contributed by atoms with Gasteiger partial charge in [-0.25, -0.2) is 8.97 Å². The van der Waals surface area contributed by atoms with E-state index in [0.717, 1.165) is 16.4 Å². The van der Waals surface area contributed by atoms with Crippen LogP contribution >= 0.6 is 23.3 Å². The van der Waals surface area contributed by atoms with Gasteiger partial charge in [0, 0.05) is 28.9 Å². The molecule has 0 bridgehead atoms. The molecule has 16 nitrogen and oxygen atoms in total. The molecule has 0 radical (unpaired) electrons. The first kappa shape index (κ1) is 30.0. The van der Waals surface area contributed by atoms with Crippen molar-refractivity contribution in [3.8, 4) is 6.07 Å². The van der Waals surface area contributed by atoms with Gasteiger partial charge in [0.25, 0.3) is 17.5 Å². The van der Waals surface area contributed by atoms with Crippen LogP contribution in [0.4, 0.5) is 5.13 Å². The number of thioether (sulfide) groups is 1. The maximum atomic E-state index is 13.1. The van der Waals surface area contributed by atoms with Crippen molar-refractivity contribution in [2.24, 2.45) is 5.16 Å². The zero-order chi connectivity index (χ0) is 28.6. The van der Waals surface area contributed by atoms with E-state index in [1.165, 1.54) is 11.8 Å². The number of oxime groups is 1. The van der Waals surface area contributed by atoms with Gasteiger partial charge in [-0.3, -0.25) is 14.5 Å². The number of carbonyl (C=O) groups excluding carboxylic acids is 4. The molecule has 3 aromatic rings. The Kier molecular flexibility index (Phi) is 8.94. The number of carboxylic acid groups (broad SMARTS) is 2. The normalized spacial score (nSPS) is 18.2. The van der Waals surface area contributed by atoms with Crippen molar-refractivity contribution in [3.63, 3.8) is 0 Å². The third kappa shape index (κ3) is 5.89. The fraction of sp³-hybridized carbons (Fsp3) is 0.227. The van der Waals surface area contributed by atoms with Crippen LogP contribution in [0.3, 0.4) is 0 Å². The summed E-state index contributed by atoms with van der Waals surface area (Å²) in [5.74, 6) is -4.84. The molecule has 0 saturated carbocycles. The summed E-state index contributed by atoms with van der Waals surface area (Å²) in [6, 6.07) is 4.27. The van der Waals surface area contributed by atoms with Crippen LogP contribution in [0.15, 0.2) is 47.1 Å². The largest absolute Gasteiger partial charge is 1.00 e. The molecular formula is C22H16N9NaO7S2. The number of hydrogen-bond acceptors (Lipinski definition) is 14. The first-order chi connectivity index (χ1) is 19.2. The number of nitriles is 1. The van der Waals surface area contributed by atoms with Crippen molar-refractivity contribution in [1.29, 1.82) is 5.26 Å². The second kappa shape index (κ2) is 12.2. The number of anilines is 1. The molecular weight excluding hydrogens is 589 g/mol. The summed E-state index contributed by atoms with van der Waals surface area (Å²) in [5.41, 5.74) is 6.30. The van der Waals surface area contributed by atoms with Gasteiger partial charge in [-0.15, -0.1) is 11.8 Å². The van der Waals surface area contributed by atoms with Crippen LogP contribution in [0, 0.1) is 11.3 Å². The third-order valence-electron chi connectivity index (χ3n) is 5.88. The number of nitrogens with one attached hydrogen (secondary N) is 1. The molecule has 3 aromatic heterocycles. The van der Waals surface area contributed by atoms with E-state index in [4.69, 9.17) is 11.0 Å². The van der Waals surface area contributed by atoms with E-state index in [1.807, 2.05) is 6.07 Å². The van der Waals surface area contributed by atoms with Gasteiger partial charge >= 0.3 is 29.6 Å². The Hall–Kier alpha value is -4.02. The third-order valence-corrected chi connectivity index (χ3v) is 7.76. The standard InChI is InChI=1S/C22H17N9O7S2.Na/c23-5-10-1-2-12-29(6-10)3-4-30(12)7-11-9-39-20-15(19(35)31(20)16(11)21(36)37)25-18(34)14(27-38-8-13(32)33)17-26-22(24)40-28-17;/h1-4,6,15,20H,7-9H2,(H4-,24,25,26,28,32,33,34,36,37);/q;+1/p-1/b27-14+;/t15-,20-;/m1./s1. The summed E-state index contributed by atoms with van der Waals surface area (Å²) in [4.78, 5) is 58.3. The second-order valence-electron chi connectivity index (χ2n) is 8.36. The fourth-order valence-corrected chi connectivity index (χ4v) is 5.94. The van der Waals surface area contributed by atoms with Gasteiger partial charge in [-0.1, -0.05) is 5.16 Å². The van der Waals surface area contributed by atoms with Crippen LogP contribution in [-0.4, -0.2) is 71.9 Å². The van der Waals surface area contributed by atoms with E-state index in [9.17, 15) is 29.4 Å². The monoisotopic (exact) mass is 605 g/mol. The van der Waals surface area contributed by atoms with Crippen molar-refractivity contribution < 1.29 is 68.4 Å². The van der Waals surface area contributed by atoms with Crippen LogP contribution in [0.5, 0.6) is 0 Å². The van der Waals surface area contributed by atoms with Crippen LogP contribution in [0.25, 0.3) is 5.65 Å². The van der Waals surface area contributed by atoms with Crippen molar-refractivity contribution in [2.75, 3.05) is 18.1 Å². The van der Waals surface area contributed by atoms with E-state index in [2.05, 4.69) is 24.7 Å². The molecule has 5 rings (SSSR count). The molecule has 0 spiro atoms. The number of carboxylic acids is 2. The predicted molar refractivity (Wildman–Crippen MR) is 131 cm³/mol. The number of imidazole rings is 1. The molecule has 2 amide bonds. The molecule has 1 fully saturated rings. The topological polar surface area (TPSA) is 235 Å². The molecule has 5 heterocycles. The number of nitrogen functional groups attached to an aromatic ring is 1. The van der Waals surface area contributed by atoms with Crippen LogP contribution in [-0.2, 0) is 30.6 Å². The van der Waals surface area contributed by atoms with E-state index >= 15 is 0 Å². The van der Waals surface area contributed by atoms with E-state index in [0.29, 0.717) is 16.8 Å². The average molecular weight is 606 g/mol.